The van der Waals surface area contributed by atoms with E-state index in [0.717, 1.165) is 0 Å². The number of ether oxygens (including phenoxy) is 1. The number of methoxy groups -OCH3 is 1. The number of benzene rings is 1. The highest BCUT2D eigenvalue weighted by atomic mass is 32.1. The molecule has 0 aliphatic heterocycles. The third kappa shape index (κ3) is 1.92. The lowest BCUT2D eigenvalue weighted by Crippen LogP contribution is -2.00. The molecule has 0 bridgehead atoms. The lowest BCUT2D eigenvalue weighted by molar-refractivity contribution is 0.104. The Morgan fingerprint density at radius 2 is 1.93 bits per heavy atom. The normalized spacial score (nSPS) is 9.93. The molecule has 1 aromatic heterocycles. The van der Waals surface area contributed by atoms with Crippen LogP contribution in [0.25, 0.3) is 0 Å². The van der Waals surface area contributed by atoms with Gasteiger partial charge in [-0.05, 0) is 11.4 Å². The molecular formula is C12H10O2S. The van der Waals surface area contributed by atoms with Crippen LogP contribution < -0.4 is 4.74 Å². The second-order valence-electron chi connectivity index (χ2n) is 3.01. The van der Waals surface area contributed by atoms with Crippen molar-refractivity contribution in [2.24, 2.45) is 0 Å². The summed E-state index contributed by atoms with van der Waals surface area (Å²) < 4.78 is 5.12. The first-order valence-corrected chi connectivity index (χ1v) is 5.42. The topological polar surface area (TPSA) is 26.3 Å². The van der Waals surface area contributed by atoms with Crippen molar-refractivity contribution in [1.29, 1.82) is 0 Å². The van der Waals surface area contributed by atoms with Crippen LogP contribution in [0, 0.1) is 0 Å². The van der Waals surface area contributed by atoms with Crippen molar-refractivity contribution >= 4 is 17.1 Å². The maximum atomic E-state index is 12.0. The van der Waals surface area contributed by atoms with E-state index < -0.39 is 0 Å². The van der Waals surface area contributed by atoms with Gasteiger partial charge in [-0.25, -0.2) is 0 Å². The molecule has 0 atom stereocenters. The Kier molecular flexibility index (Phi) is 2.83. The molecule has 0 N–H and O–H groups in total. The van der Waals surface area contributed by atoms with Crippen LogP contribution in [-0.4, -0.2) is 12.9 Å². The van der Waals surface area contributed by atoms with Crippen molar-refractivity contribution < 1.29 is 9.53 Å². The van der Waals surface area contributed by atoms with Crippen LogP contribution in [0.15, 0.2) is 41.8 Å². The summed E-state index contributed by atoms with van der Waals surface area (Å²) in [5.74, 6) is 0.663. The number of carbonyl (C=O) groups excluding carboxylic acids is 1. The predicted octanol–water partition coefficient (Wildman–Crippen LogP) is 2.99. The minimum absolute atomic E-state index is 0.0162. The summed E-state index contributed by atoms with van der Waals surface area (Å²) in [6, 6.07) is 11.0. The minimum Gasteiger partial charge on any atom is -0.495 e. The highest BCUT2D eigenvalue weighted by molar-refractivity contribution is 7.12. The van der Waals surface area contributed by atoms with Gasteiger partial charge in [0.1, 0.15) is 10.6 Å². The summed E-state index contributed by atoms with van der Waals surface area (Å²) in [7, 11) is 1.57. The molecule has 0 amide bonds. The van der Waals surface area contributed by atoms with Crippen molar-refractivity contribution in [2.45, 2.75) is 0 Å². The van der Waals surface area contributed by atoms with Gasteiger partial charge < -0.3 is 4.74 Å². The first-order valence-electron chi connectivity index (χ1n) is 4.54. The van der Waals surface area contributed by atoms with Gasteiger partial charge in [-0.2, -0.15) is 0 Å². The lowest BCUT2D eigenvalue weighted by Gasteiger charge is -2.01. The van der Waals surface area contributed by atoms with Crippen molar-refractivity contribution in [1.82, 2.24) is 0 Å². The van der Waals surface area contributed by atoms with E-state index in [1.165, 1.54) is 11.3 Å². The van der Waals surface area contributed by atoms with Crippen LogP contribution in [0.2, 0.25) is 0 Å². The van der Waals surface area contributed by atoms with Crippen LogP contribution in [0.1, 0.15) is 15.2 Å². The molecule has 0 saturated carbocycles. The fourth-order valence-electron chi connectivity index (χ4n) is 1.34. The van der Waals surface area contributed by atoms with Crippen LogP contribution in [0.3, 0.4) is 0 Å². The molecule has 0 aliphatic rings. The molecule has 2 aromatic rings. The molecule has 0 fully saturated rings. The first kappa shape index (κ1) is 9.93. The molecule has 0 spiro atoms. The van der Waals surface area contributed by atoms with Crippen molar-refractivity contribution in [3.05, 3.63) is 52.2 Å². The summed E-state index contributed by atoms with van der Waals surface area (Å²) in [6.45, 7) is 0. The van der Waals surface area contributed by atoms with Gasteiger partial charge in [-0.3, -0.25) is 4.79 Å². The SMILES string of the molecule is COc1ccsc1C(=O)c1ccccc1. The molecule has 0 unspecified atom stereocenters. The highest BCUT2D eigenvalue weighted by Crippen LogP contribution is 2.26. The van der Waals surface area contributed by atoms with Gasteiger partial charge in [0.05, 0.1) is 7.11 Å². The fourth-order valence-corrected chi connectivity index (χ4v) is 2.16. The predicted molar refractivity (Wildman–Crippen MR) is 60.7 cm³/mol. The third-order valence-corrected chi connectivity index (χ3v) is 2.99. The zero-order valence-electron chi connectivity index (χ0n) is 8.27. The zero-order chi connectivity index (χ0) is 10.7. The van der Waals surface area contributed by atoms with Crippen LogP contribution in [0.5, 0.6) is 5.75 Å². The summed E-state index contributed by atoms with van der Waals surface area (Å²) in [5, 5.41) is 1.86. The van der Waals surface area contributed by atoms with E-state index in [-0.39, 0.29) is 5.78 Å². The zero-order valence-corrected chi connectivity index (χ0v) is 9.08. The number of hydrogen-bond donors (Lipinski definition) is 0. The monoisotopic (exact) mass is 218 g/mol. The van der Waals surface area contributed by atoms with Crippen molar-refractivity contribution in [3.8, 4) is 5.75 Å². The van der Waals surface area contributed by atoms with E-state index in [9.17, 15) is 4.79 Å². The quantitative estimate of drug-likeness (QED) is 0.740. The molecule has 1 aromatic carbocycles. The maximum Gasteiger partial charge on any atom is 0.206 e. The van der Waals surface area contributed by atoms with Gasteiger partial charge in [0.25, 0.3) is 0 Å². The number of carbonyl (C=O) groups is 1. The number of thiophene rings is 1. The highest BCUT2D eigenvalue weighted by Gasteiger charge is 2.15. The third-order valence-electron chi connectivity index (χ3n) is 2.09. The van der Waals surface area contributed by atoms with Gasteiger partial charge in [0.2, 0.25) is 5.78 Å². The largest absolute Gasteiger partial charge is 0.495 e. The average molecular weight is 218 g/mol. The van der Waals surface area contributed by atoms with Crippen molar-refractivity contribution in [2.75, 3.05) is 7.11 Å². The summed E-state index contributed by atoms with van der Waals surface area (Å²) >= 11 is 1.40. The van der Waals surface area contributed by atoms with Crippen LogP contribution in [0.4, 0.5) is 0 Å². The number of rotatable bonds is 3. The Labute approximate surface area is 92.1 Å². The molecular weight excluding hydrogens is 208 g/mol. The van der Waals surface area contributed by atoms with Gasteiger partial charge >= 0.3 is 0 Å². The number of ketones is 1. The number of hydrogen-bond acceptors (Lipinski definition) is 3. The minimum atomic E-state index is 0.0162. The van der Waals surface area contributed by atoms with E-state index >= 15 is 0 Å². The first-order chi connectivity index (χ1) is 7.33. The van der Waals surface area contributed by atoms with E-state index in [2.05, 4.69) is 0 Å². The van der Waals surface area contributed by atoms with Gasteiger partial charge in [-0.15, -0.1) is 11.3 Å². The molecule has 3 heteroatoms. The molecule has 76 valence electrons. The van der Waals surface area contributed by atoms with Crippen LogP contribution >= 0.6 is 11.3 Å². The Morgan fingerprint density at radius 3 is 2.60 bits per heavy atom. The Hall–Kier alpha value is -1.61. The van der Waals surface area contributed by atoms with E-state index in [1.807, 2.05) is 35.7 Å². The van der Waals surface area contributed by atoms with Gasteiger partial charge in [-0.1, -0.05) is 30.3 Å². The molecule has 2 rings (SSSR count). The Bertz CT molecular complexity index is 459. The van der Waals surface area contributed by atoms with Gasteiger partial charge in [0.15, 0.2) is 0 Å². The molecule has 0 radical (unpaired) electrons. The van der Waals surface area contributed by atoms with Gasteiger partial charge in [0, 0.05) is 5.56 Å². The smallest absolute Gasteiger partial charge is 0.206 e. The second kappa shape index (κ2) is 4.28. The second-order valence-corrected chi connectivity index (χ2v) is 3.93. The van der Waals surface area contributed by atoms with E-state index in [1.54, 1.807) is 13.2 Å². The Balaban J connectivity index is 2.37. The summed E-state index contributed by atoms with van der Waals surface area (Å²) in [6.07, 6.45) is 0. The molecule has 0 aliphatic carbocycles. The lowest BCUT2D eigenvalue weighted by atomic mass is 10.1. The van der Waals surface area contributed by atoms with E-state index in [4.69, 9.17) is 4.74 Å². The van der Waals surface area contributed by atoms with E-state index in [0.29, 0.717) is 16.2 Å². The summed E-state index contributed by atoms with van der Waals surface area (Å²) in [5.41, 5.74) is 0.693. The Morgan fingerprint density at radius 1 is 1.20 bits per heavy atom. The molecule has 0 saturated heterocycles. The fraction of sp³-hybridized carbons (Fsp3) is 0.0833. The standard InChI is InChI=1S/C12H10O2S/c1-14-10-7-8-15-12(10)11(13)9-5-3-2-4-6-9/h2-8H,1H3. The molecule has 1 heterocycles. The van der Waals surface area contributed by atoms with Crippen LogP contribution in [-0.2, 0) is 0 Å². The maximum absolute atomic E-state index is 12.0. The van der Waals surface area contributed by atoms with Crippen molar-refractivity contribution in [3.63, 3.8) is 0 Å². The summed E-state index contributed by atoms with van der Waals surface area (Å²) in [4.78, 5) is 12.7. The average Bonchev–Trinajstić information content (AvgIpc) is 2.77. The molecule has 15 heavy (non-hydrogen) atoms. The molecule has 2 nitrogen and oxygen atoms in total.